The second-order valence-corrected chi connectivity index (χ2v) is 8.89. The van der Waals surface area contributed by atoms with Crippen LogP contribution in [0.3, 0.4) is 0 Å². The smallest absolute Gasteiger partial charge is 0.273 e. The molecule has 1 atom stereocenters. The zero-order valence-electron chi connectivity index (χ0n) is 17.2. The first-order valence-electron chi connectivity index (χ1n) is 10.3. The molecule has 3 aromatic rings. The molecule has 1 aromatic carbocycles. The molecular formula is C23H26BrN3O3. The Balaban J connectivity index is 1.44. The molecule has 3 heterocycles. The Labute approximate surface area is 184 Å². The van der Waals surface area contributed by atoms with Crippen LogP contribution in [0.2, 0.25) is 0 Å². The van der Waals surface area contributed by atoms with E-state index in [-0.39, 0.29) is 17.6 Å². The third-order valence-electron chi connectivity index (χ3n) is 5.68. The van der Waals surface area contributed by atoms with E-state index in [9.17, 15) is 4.79 Å². The highest BCUT2D eigenvalue weighted by molar-refractivity contribution is 9.10. The van der Waals surface area contributed by atoms with E-state index in [4.69, 9.17) is 8.94 Å². The number of carbonyl (C=O) groups excluding carboxylic acids is 1. The first kappa shape index (κ1) is 20.9. The van der Waals surface area contributed by atoms with Gasteiger partial charge in [-0.05, 0) is 63.0 Å². The number of piperidine rings is 1. The lowest BCUT2D eigenvalue weighted by Gasteiger charge is -2.35. The average Bonchev–Trinajstić information content (AvgIpc) is 3.39. The SMILES string of the molecule is Cc1ccc(C(CNC(=O)c2cc(-c3ccc(Br)cc3)on2)N2CCC(C)CC2)o1. The zero-order chi connectivity index (χ0) is 21.1. The van der Waals surface area contributed by atoms with E-state index in [1.807, 2.05) is 43.3 Å². The van der Waals surface area contributed by atoms with E-state index in [0.717, 1.165) is 53.4 Å². The second kappa shape index (κ2) is 9.18. The highest BCUT2D eigenvalue weighted by atomic mass is 79.9. The van der Waals surface area contributed by atoms with Crippen molar-refractivity contribution in [1.29, 1.82) is 0 Å². The number of aromatic nitrogens is 1. The molecule has 2 aromatic heterocycles. The molecule has 0 radical (unpaired) electrons. The van der Waals surface area contributed by atoms with Gasteiger partial charge in [-0.25, -0.2) is 0 Å². The quantitative estimate of drug-likeness (QED) is 0.534. The number of nitrogens with zero attached hydrogens (tertiary/aromatic N) is 2. The Morgan fingerprint density at radius 2 is 1.97 bits per heavy atom. The van der Waals surface area contributed by atoms with Gasteiger partial charge in [-0.15, -0.1) is 0 Å². The monoisotopic (exact) mass is 471 g/mol. The number of aryl methyl sites for hydroxylation is 1. The van der Waals surface area contributed by atoms with Crippen LogP contribution in [-0.2, 0) is 0 Å². The van der Waals surface area contributed by atoms with Crippen molar-refractivity contribution in [3.05, 3.63) is 64.2 Å². The van der Waals surface area contributed by atoms with Gasteiger partial charge in [0.2, 0.25) is 0 Å². The number of hydrogen-bond acceptors (Lipinski definition) is 5. The minimum absolute atomic E-state index is 0.00740. The highest BCUT2D eigenvalue weighted by Gasteiger charge is 2.27. The summed E-state index contributed by atoms with van der Waals surface area (Å²) in [5.41, 5.74) is 1.14. The first-order valence-corrected chi connectivity index (χ1v) is 11.1. The van der Waals surface area contributed by atoms with E-state index < -0.39 is 0 Å². The highest BCUT2D eigenvalue weighted by Crippen LogP contribution is 2.28. The molecule has 1 aliphatic rings. The molecule has 1 amide bonds. The van der Waals surface area contributed by atoms with Crippen LogP contribution in [0, 0.1) is 12.8 Å². The van der Waals surface area contributed by atoms with Crippen molar-refractivity contribution in [1.82, 2.24) is 15.4 Å². The zero-order valence-corrected chi connectivity index (χ0v) is 18.8. The third kappa shape index (κ3) is 4.84. The summed E-state index contributed by atoms with van der Waals surface area (Å²) >= 11 is 3.42. The van der Waals surface area contributed by atoms with Gasteiger partial charge in [0.1, 0.15) is 11.5 Å². The van der Waals surface area contributed by atoms with Crippen molar-refractivity contribution in [2.75, 3.05) is 19.6 Å². The molecule has 1 unspecified atom stereocenters. The van der Waals surface area contributed by atoms with Crippen LogP contribution in [0.25, 0.3) is 11.3 Å². The van der Waals surface area contributed by atoms with Gasteiger partial charge in [-0.2, -0.15) is 0 Å². The molecule has 0 bridgehead atoms. The van der Waals surface area contributed by atoms with Gasteiger partial charge in [0, 0.05) is 22.6 Å². The number of hydrogen-bond donors (Lipinski definition) is 1. The standard InChI is InChI=1S/C23H26BrN3O3/c1-15-9-11-27(12-10-15)20(21-8-3-16(2)29-21)14-25-23(28)19-13-22(30-26-19)17-4-6-18(24)7-5-17/h3-8,13,15,20H,9-12,14H2,1-2H3,(H,25,28). The van der Waals surface area contributed by atoms with Gasteiger partial charge in [0.05, 0.1) is 6.04 Å². The Morgan fingerprint density at radius 3 is 2.63 bits per heavy atom. The van der Waals surface area contributed by atoms with Crippen LogP contribution in [0.1, 0.15) is 47.8 Å². The molecule has 6 nitrogen and oxygen atoms in total. The van der Waals surface area contributed by atoms with Crippen molar-refractivity contribution in [2.45, 2.75) is 32.7 Å². The topological polar surface area (TPSA) is 71.5 Å². The molecular weight excluding hydrogens is 446 g/mol. The predicted molar refractivity (Wildman–Crippen MR) is 118 cm³/mol. The summed E-state index contributed by atoms with van der Waals surface area (Å²) in [6.45, 7) is 6.69. The van der Waals surface area contributed by atoms with Gasteiger partial charge in [-0.1, -0.05) is 40.1 Å². The van der Waals surface area contributed by atoms with Crippen LogP contribution in [-0.4, -0.2) is 35.6 Å². The molecule has 158 valence electrons. The van der Waals surface area contributed by atoms with Crippen LogP contribution >= 0.6 is 15.9 Å². The van der Waals surface area contributed by atoms with Crippen molar-refractivity contribution < 1.29 is 13.7 Å². The molecule has 1 fully saturated rings. The lowest BCUT2D eigenvalue weighted by atomic mass is 9.97. The van der Waals surface area contributed by atoms with Gasteiger partial charge < -0.3 is 14.3 Å². The van der Waals surface area contributed by atoms with E-state index >= 15 is 0 Å². The number of halogens is 1. The van der Waals surface area contributed by atoms with E-state index in [0.29, 0.717) is 12.3 Å². The number of benzene rings is 1. The van der Waals surface area contributed by atoms with Crippen LogP contribution < -0.4 is 5.32 Å². The maximum Gasteiger partial charge on any atom is 0.273 e. The Kier molecular flexibility index (Phi) is 6.39. The minimum atomic E-state index is -0.249. The third-order valence-corrected chi connectivity index (χ3v) is 6.20. The summed E-state index contributed by atoms with van der Waals surface area (Å²) in [5.74, 6) is 2.82. The summed E-state index contributed by atoms with van der Waals surface area (Å²) in [4.78, 5) is 15.1. The van der Waals surface area contributed by atoms with E-state index in [1.165, 1.54) is 0 Å². The minimum Gasteiger partial charge on any atom is -0.465 e. The van der Waals surface area contributed by atoms with Gasteiger partial charge >= 0.3 is 0 Å². The molecule has 30 heavy (non-hydrogen) atoms. The van der Waals surface area contributed by atoms with Crippen LogP contribution in [0.5, 0.6) is 0 Å². The Morgan fingerprint density at radius 1 is 1.23 bits per heavy atom. The van der Waals surface area contributed by atoms with Gasteiger partial charge in [0.15, 0.2) is 11.5 Å². The molecule has 0 spiro atoms. The fourth-order valence-corrected chi connectivity index (χ4v) is 4.06. The second-order valence-electron chi connectivity index (χ2n) is 7.98. The number of furan rings is 1. The molecule has 7 heteroatoms. The largest absolute Gasteiger partial charge is 0.465 e. The molecule has 0 aliphatic carbocycles. The fourth-order valence-electron chi connectivity index (χ4n) is 3.79. The summed E-state index contributed by atoms with van der Waals surface area (Å²) in [7, 11) is 0. The summed E-state index contributed by atoms with van der Waals surface area (Å²) in [6, 6.07) is 13.3. The molecule has 1 saturated heterocycles. The normalized spacial score (nSPS) is 16.5. The number of carbonyl (C=O) groups is 1. The summed E-state index contributed by atoms with van der Waals surface area (Å²) in [5, 5.41) is 6.97. The molecule has 1 N–H and O–H groups in total. The molecule has 0 saturated carbocycles. The molecule has 1 aliphatic heterocycles. The van der Waals surface area contributed by atoms with Crippen molar-refractivity contribution in [2.24, 2.45) is 5.92 Å². The summed E-state index contributed by atoms with van der Waals surface area (Å²) in [6.07, 6.45) is 2.31. The maximum atomic E-state index is 12.7. The lowest BCUT2D eigenvalue weighted by molar-refractivity contribution is 0.0887. The number of amides is 1. The predicted octanol–water partition coefficient (Wildman–Crippen LogP) is 5.21. The maximum absolute atomic E-state index is 12.7. The van der Waals surface area contributed by atoms with Crippen LogP contribution in [0.4, 0.5) is 0 Å². The van der Waals surface area contributed by atoms with E-state index in [2.05, 4.69) is 38.2 Å². The Hall–Kier alpha value is -2.38. The van der Waals surface area contributed by atoms with E-state index in [1.54, 1.807) is 6.07 Å². The van der Waals surface area contributed by atoms with Gasteiger partial charge in [-0.3, -0.25) is 9.69 Å². The molecule has 4 rings (SSSR count). The number of likely N-dealkylation sites (tertiary alicyclic amines) is 1. The van der Waals surface area contributed by atoms with Crippen molar-refractivity contribution in [3.63, 3.8) is 0 Å². The summed E-state index contributed by atoms with van der Waals surface area (Å²) < 4.78 is 12.3. The fraction of sp³-hybridized carbons (Fsp3) is 0.391. The first-order chi connectivity index (χ1) is 14.5. The number of nitrogens with one attached hydrogen (secondary N) is 1. The van der Waals surface area contributed by atoms with Crippen LogP contribution in [0.15, 0.2) is 55.9 Å². The lowest BCUT2D eigenvalue weighted by Crippen LogP contribution is -2.41. The Bertz CT molecular complexity index is 987. The van der Waals surface area contributed by atoms with Gasteiger partial charge in [0.25, 0.3) is 5.91 Å². The van der Waals surface area contributed by atoms with Crippen molar-refractivity contribution in [3.8, 4) is 11.3 Å². The average molecular weight is 472 g/mol. The number of rotatable bonds is 6. The van der Waals surface area contributed by atoms with Crippen molar-refractivity contribution >= 4 is 21.8 Å².